The molecule has 0 radical (unpaired) electrons. The van der Waals surface area contributed by atoms with Crippen LogP contribution in [0.15, 0.2) is 36.5 Å². The van der Waals surface area contributed by atoms with Gasteiger partial charge in [-0.1, -0.05) is 147 Å². The van der Waals surface area contributed by atoms with Crippen LogP contribution in [0.1, 0.15) is 153 Å². The normalized spacial score (nSPS) is 11.5. The van der Waals surface area contributed by atoms with Gasteiger partial charge in [0.2, 0.25) is 0 Å². The Labute approximate surface area is 218 Å². The first-order chi connectivity index (χ1) is 17.2. The zero-order valence-electron chi connectivity index (χ0n) is 23.6. The fraction of sp³-hybridized carbons (Fsp3) is 0.727. The minimum absolute atomic E-state index is 0.499. The fourth-order valence-corrected chi connectivity index (χ4v) is 5.20. The maximum absolute atomic E-state index is 5.00. The summed E-state index contributed by atoms with van der Waals surface area (Å²) < 4.78 is 2.45. The van der Waals surface area contributed by atoms with E-state index in [1.54, 1.807) is 0 Å². The lowest BCUT2D eigenvalue weighted by atomic mass is 10.0. The lowest BCUT2D eigenvalue weighted by Crippen LogP contribution is -2.04. The lowest BCUT2D eigenvalue weighted by molar-refractivity contribution is 0.514. The van der Waals surface area contributed by atoms with Crippen molar-refractivity contribution in [3.63, 3.8) is 0 Å². The lowest BCUT2D eigenvalue weighted by Gasteiger charge is -2.10. The molecule has 0 spiro atoms. The number of benzene rings is 1. The van der Waals surface area contributed by atoms with E-state index >= 15 is 0 Å². The van der Waals surface area contributed by atoms with Crippen LogP contribution in [0.5, 0.6) is 0 Å². The van der Waals surface area contributed by atoms with E-state index in [2.05, 4.69) is 61.9 Å². The average Bonchev–Trinajstić information content (AvgIpc) is 3.27. The second-order valence-corrected chi connectivity index (χ2v) is 11.1. The number of imidazole rings is 1. The maximum Gasteiger partial charge on any atom is 0.111 e. The van der Waals surface area contributed by atoms with Gasteiger partial charge in [0.1, 0.15) is 5.82 Å². The molecule has 0 N–H and O–H groups in total. The van der Waals surface area contributed by atoms with Crippen molar-refractivity contribution < 1.29 is 0 Å². The Kier molecular flexibility index (Phi) is 16.6. The van der Waals surface area contributed by atoms with Gasteiger partial charge >= 0.3 is 0 Å². The summed E-state index contributed by atoms with van der Waals surface area (Å²) in [5.41, 5.74) is 2.71. The average molecular weight is 481 g/mol. The van der Waals surface area contributed by atoms with Crippen molar-refractivity contribution >= 4 is 0 Å². The summed E-state index contributed by atoms with van der Waals surface area (Å²) >= 11 is 0. The number of aryl methyl sites for hydroxylation is 3. The molecular weight excluding hydrogens is 424 g/mol. The van der Waals surface area contributed by atoms with Crippen LogP contribution in [0.25, 0.3) is 0 Å². The summed E-state index contributed by atoms with van der Waals surface area (Å²) in [6.45, 7) is 7.99. The molecule has 0 aliphatic carbocycles. The predicted octanol–water partition coefficient (Wildman–Crippen LogP) is 10.4. The number of hydrogen-bond acceptors (Lipinski definition) is 1. The van der Waals surface area contributed by atoms with Crippen molar-refractivity contribution in [2.75, 3.05) is 0 Å². The van der Waals surface area contributed by atoms with Gasteiger partial charge in [-0.2, -0.15) is 0 Å². The van der Waals surface area contributed by atoms with Gasteiger partial charge in [-0.25, -0.2) is 4.98 Å². The fourth-order valence-electron chi connectivity index (χ4n) is 5.20. The highest BCUT2D eigenvalue weighted by Crippen LogP contribution is 2.18. The first-order valence-electron chi connectivity index (χ1n) is 15.3. The zero-order chi connectivity index (χ0) is 25.0. The molecule has 1 heterocycles. The third kappa shape index (κ3) is 13.9. The predicted molar refractivity (Wildman–Crippen MR) is 154 cm³/mol. The van der Waals surface area contributed by atoms with Crippen LogP contribution >= 0.6 is 0 Å². The maximum atomic E-state index is 5.00. The van der Waals surface area contributed by atoms with Crippen LogP contribution in [0.4, 0.5) is 0 Å². The smallest absolute Gasteiger partial charge is 0.111 e. The van der Waals surface area contributed by atoms with E-state index in [1.165, 1.54) is 126 Å². The molecule has 35 heavy (non-hydrogen) atoms. The molecule has 0 amide bonds. The summed E-state index contributed by atoms with van der Waals surface area (Å²) in [5, 5.41) is 0. The summed E-state index contributed by atoms with van der Waals surface area (Å²) in [5.74, 6) is 1.78. The molecule has 0 aliphatic heterocycles. The molecule has 1 aromatic heterocycles. The Morgan fingerprint density at radius 3 is 1.66 bits per heavy atom. The number of rotatable bonds is 22. The van der Waals surface area contributed by atoms with Crippen LogP contribution in [-0.2, 0) is 19.4 Å². The number of aromatic nitrogens is 2. The summed E-state index contributed by atoms with van der Waals surface area (Å²) in [6, 6.07) is 10.8. The SMILES string of the molecule is CCCCCCCCCCCCCCCCCCn1cc(CCCc2ccccc2)nc1C(C)C. The van der Waals surface area contributed by atoms with Gasteiger partial charge in [0, 0.05) is 18.7 Å². The molecule has 2 aromatic rings. The van der Waals surface area contributed by atoms with E-state index in [9.17, 15) is 0 Å². The standard InChI is InChI=1S/C33H56N2/c1-4-5-6-7-8-9-10-11-12-13-14-15-16-17-18-22-28-35-29-32(34-33(35)30(2)3)27-23-26-31-24-20-19-21-25-31/h19-21,24-25,29-30H,4-18,22-23,26-28H2,1-3H3. The van der Waals surface area contributed by atoms with Crippen LogP contribution < -0.4 is 0 Å². The largest absolute Gasteiger partial charge is 0.334 e. The molecule has 2 heteroatoms. The van der Waals surface area contributed by atoms with Crippen molar-refractivity contribution in [3.8, 4) is 0 Å². The summed E-state index contributed by atoms with van der Waals surface area (Å²) in [7, 11) is 0. The molecule has 198 valence electrons. The third-order valence-electron chi connectivity index (χ3n) is 7.37. The first-order valence-corrected chi connectivity index (χ1v) is 15.3. The highest BCUT2D eigenvalue weighted by Gasteiger charge is 2.11. The van der Waals surface area contributed by atoms with Gasteiger partial charge in [0.05, 0.1) is 5.69 Å². The van der Waals surface area contributed by atoms with E-state index in [1.807, 2.05) is 0 Å². The molecule has 1 aromatic carbocycles. The van der Waals surface area contributed by atoms with Crippen molar-refractivity contribution in [3.05, 3.63) is 53.6 Å². The van der Waals surface area contributed by atoms with E-state index in [0.29, 0.717) is 5.92 Å². The Balaban J connectivity index is 1.48. The summed E-state index contributed by atoms with van der Waals surface area (Å²) in [6.07, 6.45) is 28.6. The minimum atomic E-state index is 0.499. The van der Waals surface area contributed by atoms with Crippen LogP contribution in [0.3, 0.4) is 0 Å². The van der Waals surface area contributed by atoms with E-state index in [-0.39, 0.29) is 0 Å². The van der Waals surface area contributed by atoms with Crippen molar-refractivity contribution in [2.45, 2.75) is 155 Å². The Hall–Kier alpha value is -1.57. The second-order valence-electron chi connectivity index (χ2n) is 11.1. The van der Waals surface area contributed by atoms with Gasteiger partial charge in [0.15, 0.2) is 0 Å². The number of nitrogens with zero attached hydrogens (tertiary/aromatic N) is 2. The van der Waals surface area contributed by atoms with Gasteiger partial charge in [-0.15, -0.1) is 0 Å². The molecular formula is C33H56N2. The van der Waals surface area contributed by atoms with Crippen molar-refractivity contribution in [2.24, 2.45) is 0 Å². The molecule has 2 nitrogen and oxygen atoms in total. The summed E-state index contributed by atoms with van der Waals surface area (Å²) in [4.78, 5) is 5.00. The topological polar surface area (TPSA) is 17.8 Å². The van der Waals surface area contributed by atoms with E-state index in [0.717, 1.165) is 19.4 Å². The van der Waals surface area contributed by atoms with Gasteiger partial charge < -0.3 is 4.57 Å². The number of unbranched alkanes of at least 4 members (excludes halogenated alkanes) is 15. The Morgan fingerprint density at radius 2 is 1.14 bits per heavy atom. The van der Waals surface area contributed by atoms with Crippen molar-refractivity contribution in [1.29, 1.82) is 0 Å². The third-order valence-corrected chi connectivity index (χ3v) is 7.37. The molecule has 0 atom stereocenters. The van der Waals surface area contributed by atoms with Gasteiger partial charge in [0.25, 0.3) is 0 Å². The van der Waals surface area contributed by atoms with Crippen molar-refractivity contribution in [1.82, 2.24) is 9.55 Å². The molecule has 2 rings (SSSR count). The van der Waals surface area contributed by atoms with Crippen LogP contribution in [-0.4, -0.2) is 9.55 Å². The van der Waals surface area contributed by atoms with Crippen LogP contribution in [0, 0.1) is 0 Å². The first kappa shape index (κ1) is 29.7. The van der Waals surface area contributed by atoms with E-state index in [4.69, 9.17) is 4.98 Å². The second kappa shape index (κ2) is 19.6. The molecule has 0 saturated carbocycles. The highest BCUT2D eigenvalue weighted by atomic mass is 15.1. The minimum Gasteiger partial charge on any atom is -0.334 e. The van der Waals surface area contributed by atoms with Gasteiger partial charge in [-0.05, 0) is 31.2 Å². The molecule has 0 bridgehead atoms. The molecule has 0 aliphatic rings. The molecule has 0 fully saturated rings. The quantitative estimate of drug-likeness (QED) is 0.153. The Bertz CT molecular complexity index is 731. The molecule has 0 saturated heterocycles. The van der Waals surface area contributed by atoms with Crippen LogP contribution in [0.2, 0.25) is 0 Å². The highest BCUT2D eigenvalue weighted by molar-refractivity contribution is 5.15. The number of hydrogen-bond donors (Lipinski definition) is 0. The van der Waals surface area contributed by atoms with E-state index < -0.39 is 0 Å². The zero-order valence-corrected chi connectivity index (χ0v) is 23.6. The molecule has 0 unspecified atom stereocenters. The Morgan fingerprint density at radius 1 is 0.629 bits per heavy atom. The monoisotopic (exact) mass is 480 g/mol. The van der Waals surface area contributed by atoms with Gasteiger partial charge in [-0.3, -0.25) is 0 Å².